The predicted molar refractivity (Wildman–Crippen MR) is 107 cm³/mol. The van der Waals surface area contributed by atoms with Crippen molar-refractivity contribution in [2.75, 3.05) is 6.61 Å². The molecule has 2 N–H and O–H groups in total. The molecule has 1 fully saturated rings. The van der Waals surface area contributed by atoms with Gasteiger partial charge in [-0.3, -0.25) is 4.79 Å². The number of aryl methyl sites for hydroxylation is 1. The molecule has 1 amide bonds. The van der Waals surface area contributed by atoms with Crippen LogP contribution in [0.15, 0.2) is 42.5 Å². The first-order valence-electron chi connectivity index (χ1n) is 9.62. The summed E-state index contributed by atoms with van der Waals surface area (Å²) < 4.78 is 5.17. The summed E-state index contributed by atoms with van der Waals surface area (Å²) >= 11 is 0. The molecule has 144 valence electrons. The van der Waals surface area contributed by atoms with Crippen LogP contribution >= 0.6 is 0 Å². The Morgan fingerprint density at radius 2 is 1.89 bits per heavy atom. The number of carbonyl (C=O) groups excluding carboxylic acids is 2. The third-order valence-electron chi connectivity index (χ3n) is 5.10. The molecule has 0 aliphatic heterocycles. The molecule has 0 atom stereocenters. The molecule has 0 spiro atoms. The molecule has 1 heterocycles. The molecule has 1 saturated carbocycles. The number of aromatic nitrogens is 2. The number of carbonyl (C=O) groups is 2. The molecule has 6 heteroatoms. The summed E-state index contributed by atoms with van der Waals surface area (Å²) in [5.41, 5.74) is 4.07. The number of amides is 1. The van der Waals surface area contributed by atoms with Crippen LogP contribution in [-0.2, 0) is 9.53 Å². The minimum Gasteiger partial charge on any atom is -0.452 e. The lowest BCUT2D eigenvalue weighted by Gasteiger charge is -2.11. The molecular formula is C22H23N3O3. The number of hydrogen-bond acceptors (Lipinski definition) is 4. The summed E-state index contributed by atoms with van der Waals surface area (Å²) in [5, 5.41) is 2.91. The lowest BCUT2D eigenvalue weighted by atomic mass is 10.1. The van der Waals surface area contributed by atoms with E-state index in [1.807, 2.05) is 31.2 Å². The molecule has 0 unspecified atom stereocenters. The number of hydrogen-bond donors (Lipinski definition) is 2. The van der Waals surface area contributed by atoms with Crippen LogP contribution in [0, 0.1) is 6.92 Å². The summed E-state index contributed by atoms with van der Waals surface area (Å²) in [7, 11) is 0. The fraction of sp³-hybridized carbons (Fsp3) is 0.318. The summed E-state index contributed by atoms with van der Waals surface area (Å²) in [4.78, 5) is 32.0. The van der Waals surface area contributed by atoms with E-state index in [0.29, 0.717) is 5.56 Å². The first-order chi connectivity index (χ1) is 13.6. The molecule has 1 aliphatic rings. The number of benzene rings is 2. The second-order valence-corrected chi connectivity index (χ2v) is 7.31. The predicted octanol–water partition coefficient (Wildman–Crippen LogP) is 3.75. The molecule has 1 aliphatic carbocycles. The average molecular weight is 377 g/mol. The standard InChI is InChI=1S/C22H23N3O3/c1-14-6-8-15(9-7-14)21-24-18-11-10-16(12-19(18)25-21)22(27)28-13-20(26)23-17-4-2-3-5-17/h6-12,17H,2-5,13H2,1H3,(H,23,26)(H,24,25). The second-order valence-electron chi connectivity index (χ2n) is 7.31. The van der Waals surface area contributed by atoms with Gasteiger partial charge in [0.05, 0.1) is 16.6 Å². The van der Waals surface area contributed by atoms with Gasteiger partial charge in [-0.25, -0.2) is 9.78 Å². The van der Waals surface area contributed by atoms with Gasteiger partial charge in [-0.1, -0.05) is 42.7 Å². The molecular weight excluding hydrogens is 354 g/mol. The molecule has 0 radical (unpaired) electrons. The average Bonchev–Trinajstić information content (AvgIpc) is 3.35. The zero-order valence-corrected chi connectivity index (χ0v) is 15.8. The van der Waals surface area contributed by atoms with Crippen molar-refractivity contribution in [2.24, 2.45) is 0 Å². The number of fused-ring (bicyclic) bond motifs is 1. The smallest absolute Gasteiger partial charge is 0.338 e. The van der Waals surface area contributed by atoms with Crippen molar-refractivity contribution in [3.05, 3.63) is 53.6 Å². The van der Waals surface area contributed by atoms with Crippen molar-refractivity contribution in [3.63, 3.8) is 0 Å². The summed E-state index contributed by atoms with van der Waals surface area (Å²) in [6.45, 7) is 1.78. The van der Waals surface area contributed by atoms with E-state index < -0.39 is 5.97 Å². The number of imidazole rings is 1. The highest BCUT2D eigenvalue weighted by molar-refractivity contribution is 5.95. The lowest BCUT2D eigenvalue weighted by molar-refractivity contribution is -0.124. The van der Waals surface area contributed by atoms with Crippen LogP contribution in [0.4, 0.5) is 0 Å². The molecule has 1 aromatic heterocycles. The van der Waals surface area contributed by atoms with Crippen molar-refractivity contribution in [1.29, 1.82) is 0 Å². The first kappa shape index (κ1) is 18.2. The fourth-order valence-electron chi connectivity index (χ4n) is 3.54. The van der Waals surface area contributed by atoms with Gasteiger partial charge in [0.2, 0.25) is 0 Å². The highest BCUT2D eigenvalue weighted by Gasteiger charge is 2.18. The van der Waals surface area contributed by atoms with E-state index in [1.54, 1.807) is 18.2 Å². The van der Waals surface area contributed by atoms with E-state index in [4.69, 9.17) is 4.74 Å². The van der Waals surface area contributed by atoms with Crippen LogP contribution in [0.2, 0.25) is 0 Å². The maximum Gasteiger partial charge on any atom is 0.338 e. The molecule has 2 aromatic carbocycles. The van der Waals surface area contributed by atoms with E-state index in [9.17, 15) is 9.59 Å². The van der Waals surface area contributed by atoms with Gasteiger partial charge in [0, 0.05) is 11.6 Å². The SMILES string of the molecule is Cc1ccc(-c2nc3ccc(C(=O)OCC(=O)NC4CCCC4)cc3[nH]2)cc1. The number of esters is 1. The third kappa shape index (κ3) is 4.06. The van der Waals surface area contributed by atoms with Crippen LogP contribution in [-0.4, -0.2) is 34.5 Å². The highest BCUT2D eigenvalue weighted by Crippen LogP contribution is 2.22. The van der Waals surface area contributed by atoms with Gasteiger partial charge < -0.3 is 15.0 Å². The Labute approximate surface area is 163 Å². The maximum absolute atomic E-state index is 12.3. The minimum absolute atomic E-state index is 0.216. The number of H-pyrrole nitrogens is 1. The Balaban J connectivity index is 1.42. The monoisotopic (exact) mass is 377 g/mol. The van der Waals surface area contributed by atoms with Gasteiger partial charge in [-0.05, 0) is 38.0 Å². The van der Waals surface area contributed by atoms with Crippen molar-refractivity contribution >= 4 is 22.9 Å². The molecule has 3 aromatic rings. The Morgan fingerprint density at radius 1 is 1.14 bits per heavy atom. The fourth-order valence-corrected chi connectivity index (χ4v) is 3.54. The van der Waals surface area contributed by atoms with Crippen LogP contribution in [0.1, 0.15) is 41.6 Å². The van der Waals surface area contributed by atoms with E-state index in [2.05, 4.69) is 15.3 Å². The van der Waals surface area contributed by atoms with E-state index >= 15 is 0 Å². The Morgan fingerprint density at radius 3 is 2.64 bits per heavy atom. The number of aromatic amines is 1. The molecule has 4 rings (SSSR count). The van der Waals surface area contributed by atoms with E-state index in [0.717, 1.165) is 48.1 Å². The van der Waals surface area contributed by atoms with Gasteiger partial charge in [-0.15, -0.1) is 0 Å². The van der Waals surface area contributed by atoms with Gasteiger partial charge in [-0.2, -0.15) is 0 Å². The maximum atomic E-state index is 12.3. The van der Waals surface area contributed by atoms with E-state index in [1.165, 1.54) is 5.56 Å². The summed E-state index contributed by atoms with van der Waals surface area (Å²) in [5.74, 6) is -0.0176. The van der Waals surface area contributed by atoms with Crippen molar-refractivity contribution in [1.82, 2.24) is 15.3 Å². The molecule has 0 saturated heterocycles. The third-order valence-corrected chi connectivity index (χ3v) is 5.10. The van der Waals surface area contributed by atoms with Crippen molar-refractivity contribution in [3.8, 4) is 11.4 Å². The summed E-state index contributed by atoms with van der Waals surface area (Å²) in [6.07, 6.45) is 4.28. The van der Waals surface area contributed by atoms with Crippen LogP contribution in [0.3, 0.4) is 0 Å². The molecule has 0 bridgehead atoms. The number of nitrogens with zero attached hydrogens (tertiary/aromatic N) is 1. The van der Waals surface area contributed by atoms with Crippen LogP contribution in [0.25, 0.3) is 22.4 Å². The van der Waals surface area contributed by atoms with Gasteiger partial charge >= 0.3 is 5.97 Å². The number of nitrogens with one attached hydrogen (secondary N) is 2. The minimum atomic E-state index is -0.519. The topological polar surface area (TPSA) is 84.1 Å². The van der Waals surface area contributed by atoms with Crippen molar-refractivity contribution in [2.45, 2.75) is 38.6 Å². The van der Waals surface area contributed by atoms with Gasteiger partial charge in [0.1, 0.15) is 5.82 Å². The normalized spacial score (nSPS) is 14.3. The first-order valence-corrected chi connectivity index (χ1v) is 9.62. The Bertz CT molecular complexity index is 1000. The Kier molecular flexibility index (Phi) is 5.10. The second kappa shape index (κ2) is 7.84. The van der Waals surface area contributed by atoms with Gasteiger partial charge in [0.15, 0.2) is 6.61 Å². The highest BCUT2D eigenvalue weighted by atomic mass is 16.5. The zero-order chi connectivity index (χ0) is 19.5. The number of rotatable bonds is 5. The summed E-state index contributed by atoms with van der Waals surface area (Å²) in [6, 6.07) is 13.4. The van der Waals surface area contributed by atoms with Gasteiger partial charge in [0.25, 0.3) is 5.91 Å². The quantitative estimate of drug-likeness (QED) is 0.663. The number of ether oxygens (including phenoxy) is 1. The molecule has 6 nitrogen and oxygen atoms in total. The Hall–Kier alpha value is -3.15. The largest absolute Gasteiger partial charge is 0.452 e. The lowest BCUT2D eigenvalue weighted by Crippen LogP contribution is -2.35. The van der Waals surface area contributed by atoms with Crippen LogP contribution < -0.4 is 5.32 Å². The van der Waals surface area contributed by atoms with E-state index in [-0.39, 0.29) is 18.6 Å². The van der Waals surface area contributed by atoms with Crippen LogP contribution in [0.5, 0.6) is 0 Å². The van der Waals surface area contributed by atoms with Crippen molar-refractivity contribution < 1.29 is 14.3 Å². The molecule has 28 heavy (non-hydrogen) atoms. The zero-order valence-electron chi connectivity index (χ0n) is 15.8.